The standard InChI is InChI=1S/C19H22N4O3/c1-12-9-13(2)19(14(3)10-12)20-11-18(24)22-21-15(4)16-5-7-17(8-6-16)23(25)26/h5-10,20H,11H2,1-4H3,(H,22,24)/b21-15-. The second-order valence-electron chi connectivity index (χ2n) is 6.16. The van der Waals surface area contributed by atoms with E-state index in [2.05, 4.69) is 28.0 Å². The number of hydrogen-bond acceptors (Lipinski definition) is 5. The number of nitro benzene ring substituents is 1. The molecule has 0 bridgehead atoms. The number of non-ortho nitro benzene ring substituents is 1. The number of benzene rings is 2. The van der Waals surface area contributed by atoms with Crippen LogP contribution in [0.1, 0.15) is 29.2 Å². The molecule has 0 aliphatic carbocycles. The van der Waals surface area contributed by atoms with Crippen molar-refractivity contribution in [2.24, 2.45) is 5.10 Å². The van der Waals surface area contributed by atoms with Gasteiger partial charge < -0.3 is 5.32 Å². The molecule has 136 valence electrons. The molecule has 0 radical (unpaired) electrons. The van der Waals surface area contributed by atoms with Crippen molar-refractivity contribution in [3.8, 4) is 0 Å². The minimum atomic E-state index is -0.460. The molecule has 26 heavy (non-hydrogen) atoms. The molecular weight excluding hydrogens is 332 g/mol. The smallest absolute Gasteiger partial charge is 0.269 e. The highest BCUT2D eigenvalue weighted by molar-refractivity contribution is 5.99. The van der Waals surface area contributed by atoms with Crippen LogP contribution < -0.4 is 10.7 Å². The van der Waals surface area contributed by atoms with Crippen molar-refractivity contribution in [3.63, 3.8) is 0 Å². The van der Waals surface area contributed by atoms with Gasteiger partial charge in [0.05, 0.1) is 17.2 Å². The van der Waals surface area contributed by atoms with Gasteiger partial charge in [0.15, 0.2) is 0 Å². The first-order valence-electron chi connectivity index (χ1n) is 8.17. The Balaban J connectivity index is 1.95. The number of nitrogens with one attached hydrogen (secondary N) is 2. The zero-order valence-corrected chi connectivity index (χ0v) is 15.3. The van der Waals surface area contributed by atoms with Gasteiger partial charge in [0, 0.05) is 17.8 Å². The maximum Gasteiger partial charge on any atom is 0.269 e. The summed E-state index contributed by atoms with van der Waals surface area (Å²) in [6.45, 7) is 7.85. The van der Waals surface area contributed by atoms with E-state index < -0.39 is 4.92 Å². The van der Waals surface area contributed by atoms with Crippen molar-refractivity contribution < 1.29 is 9.72 Å². The quantitative estimate of drug-likeness (QED) is 0.471. The minimum absolute atomic E-state index is 0.0126. The van der Waals surface area contributed by atoms with Crippen molar-refractivity contribution >= 4 is 23.0 Å². The summed E-state index contributed by atoms with van der Waals surface area (Å²) in [5.74, 6) is -0.273. The summed E-state index contributed by atoms with van der Waals surface area (Å²) in [5, 5.41) is 17.8. The van der Waals surface area contributed by atoms with Gasteiger partial charge in [-0.3, -0.25) is 14.9 Å². The Labute approximate surface area is 152 Å². The highest BCUT2D eigenvalue weighted by Crippen LogP contribution is 2.21. The number of hydrazone groups is 1. The van der Waals surface area contributed by atoms with Gasteiger partial charge in [-0.1, -0.05) is 17.7 Å². The first-order valence-corrected chi connectivity index (χ1v) is 8.17. The fourth-order valence-electron chi connectivity index (χ4n) is 2.70. The SMILES string of the molecule is C/C(=N/NC(=O)CNc1c(C)cc(C)cc1C)c1ccc([N+](=O)[O-])cc1. The molecule has 0 saturated heterocycles. The molecule has 2 aromatic carbocycles. The van der Waals surface area contributed by atoms with Gasteiger partial charge in [0.2, 0.25) is 0 Å². The Morgan fingerprint density at radius 2 is 1.69 bits per heavy atom. The van der Waals surface area contributed by atoms with E-state index in [0.717, 1.165) is 16.8 Å². The molecule has 2 rings (SSSR count). The zero-order chi connectivity index (χ0) is 19.3. The van der Waals surface area contributed by atoms with E-state index in [4.69, 9.17) is 0 Å². The van der Waals surface area contributed by atoms with Gasteiger partial charge in [-0.2, -0.15) is 5.10 Å². The number of rotatable bonds is 6. The van der Waals surface area contributed by atoms with Crippen LogP contribution >= 0.6 is 0 Å². The first kappa shape index (κ1) is 19.1. The van der Waals surface area contributed by atoms with E-state index in [1.165, 1.54) is 17.7 Å². The van der Waals surface area contributed by atoms with E-state index in [-0.39, 0.29) is 18.1 Å². The molecule has 0 spiro atoms. The Morgan fingerprint density at radius 3 is 2.23 bits per heavy atom. The number of nitrogens with zero attached hydrogens (tertiary/aromatic N) is 2. The normalized spacial score (nSPS) is 11.2. The number of carbonyl (C=O) groups is 1. The predicted octanol–water partition coefficient (Wildman–Crippen LogP) is 3.47. The topological polar surface area (TPSA) is 96.6 Å². The van der Waals surface area contributed by atoms with E-state index in [0.29, 0.717) is 11.3 Å². The number of aryl methyl sites for hydroxylation is 3. The number of hydrogen-bond donors (Lipinski definition) is 2. The Morgan fingerprint density at radius 1 is 1.12 bits per heavy atom. The Kier molecular flexibility index (Phi) is 6.06. The lowest BCUT2D eigenvalue weighted by molar-refractivity contribution is -0.384. The van der Waals surface area contributed by atoms with Crippen LogP contribution in [0.2, 0.25) is 0 Å². The fraction of sp³-hybridized carbons (Fsp3) is 0.263. The van der Waals surface area contributed by atoms with Crippen LogP contribution in [0.3, 0.4) is 0 Å². The van der Waals surface area contributed by atoms with Crippen LogP contribution in [0.5, 0.6) is 0 Å². The third-order valence-corrected chi connectivity index (χ3v) is 3.95. The lowest BCUT2D eigenvalue weighted by Gasteiger charge is -2.13. The second-order valence-corrected chi connectivity index (χ2v) is 6.16. The van der Waals surface area contributed by atoms with E-state index in [9.17, 15) is 14.9 Å². The molecule has 7 nitrogen and oxygen atoms in total. The molecule has 1 amide bonds. The van der Waals surface area contributed by atoms with Gasteiger partial charge in [-0.15, -0.1) is 0 Å². The molecule has 0 aliphatic heterocycles. The van der Waals surface area contributed by atoms with Crippen LogP contribution in [0.4, 0.5) is 11.4 Å². The van der Waals surface area contributed by atoms with Crippen LogP contribution in [0.25, 0.3) is 0 Å². The molecule has 0 aromatic heterocycles. The van der Waals surface area contributed by atoms with Crippen molar-refractivity contribution in [2.75, 3.05) is 11.9 Å². The van der Waals surface area contributed by atoms with Crippen LogP contribution in [-0.2, 0) is 4.79 Å². The zero-order valence-electron chi connectivity index (χ0n) is 15.3. The molecule has 0 saturated carbocycles. The summed E-state index contributed by atoms with van der Waals surface area (Å²) in [7, 11) is 0. The molecule has 0 atom stereocenters. The van der Waals surface area contributed by atoms with Crippen molar-refractivity contribution in [3.05, 3.63) is 68.8 Å². The summed E-state index contributed by atoms with van der Waals surface area (Å²) >= 11 is 0. The van der Waals surface area contributed by atoms with E-state index in [1.54, 1.807) is 19.1 Å². The third-order valence-electron chi connectivity index (χ3n) is 3.95. The van der Waals surface area contributed by atoms with E-state index in [1.807, 2.05) is 20.8 Å². The predicted molar refractivity (Wildman–Crippen MR) is 103 cm³/mol. The van der Waals surface area contributed by atoms with Crippen LogP contribution in [-0.4, -0.2) is 23.1 Å². The summed E-state index contributed by atoms with van der Waals surface area (Å²) in [4.78, 5) is 22.2. The summed E-state index contributed by atoms with van der Waals surface area (Å²) in [6, 6.07) is 10.1. The lowest BCUT2D eigenvalue weighted by Crippen LogP contribution is -2.27. The van der Waals surface area contributed by atoms with Crippen LogP contribution in [0, 0.1) is 30.9 Å². The number of nitro groups is 1. The van der Waals surface area contributed by atoms with Crippen molar-refractivity contribution in [2.45, 2.75) is 27.7 Å². The highest BCUT2D eigenvalue weighted by Gasteiger charge is 2.08. The molecule has 0 unspecified atom stereocenters. The molecule has 0 heterocycles. The molecule has 0 aliphatic rings. The molecular formula is C19H22N4O3. The molecule has 2 N–H and O–H groups in total. The maximum absolute atomic E-state index is 12.0. The number of amides is 1. The van der Waals surface area contributed by atoms with Gasteiger partial charge in [0.25, 0.3) is 11.6 Å². The lowest BCUT2D eigenvalue weighted by atomic mass is 10.1. The van der Waals surface area contributed by atoms with Gasteiger partial charge in [-0.05, 0) is 56.5 Å². The largest absolute Gasteiger partial charge is 0.376 e. The monoisotopic (exact) mass is 354 g/mol. The highest BCUT2D eigenvalue weighted by atomic mass is 16.6. The van der Waals surface area contributed by atoms with Gasteiger partial charge in [0.1, 0.15) is 0 Å². The maximum atomic E-state index is 12.0. The minimum Gasteiger partial charge on any atom is -0.376 e. The Hall–Kier alpha value is -3.22. The first-order chi connectivity index (χ1) is 12.3. The van der Waals surface area contributed by atoms with Crippen molar-refractivity contribution in [1.29, 1.82) is 0 Å². The van der Waals surface area contributed by atoms with E-state index >= 15 is 0 Å². The van der Waals surface area contributed by atoms with Gasteiger partial charge >= 0.3 is 0 Å². The summed E-state index contributed by atoms with van der Waals surface area (Å²) in [5.41, 5.74) is 8.07. The Bertz CT molecular complexity index is 835. The van der Waals surface area contributed by atoms with Gasteiger partial charge in [-0.25, -0.2) is 5.43 Å². The average molecular weight is 354 g/mol. The number of anilines is 1. The third kappa shape index (κ3) is 4.89. The van der Waals surface area contributed by atoms with Crippen molar-refractivity contribution in [1.82, 2.24) is 5.43 Å². The average Bonchev–Trinajstić information content (AvgIpc) is 2.58. The molecule has 2 aromatic rings. The van der Waals surface area contributed by atoms with Crippen LogP contribution in [0.15, 0.2) is 41.5 Å². The fourth-order valence-corrected chi connectivity index (χ4v) is 2.70. The summed E-state index contributed by atoms with van der Waals surface area (Å²) in [6.07, 6.45) is 0. The molecule has 0 fully saturated rings. The number of carbonyl (C=O) groups excluding carboxylic acids is 1. The second kappa shape index (κ2) is 8.24. The molecule has 7 heteroatoms. The summed E-state index contributed by atoms with van der Waals surface area (Å²) < 4.78 is 0.